The molecular weight excluding hydrogens is 403 g/mol. The topological polar surface area (TPSA) is 51.2 Å². The van der Waals surface area contributed by atoms with E-state index in [0.29, 0.717) is 18.5 Å². The molecule has 6 heteroatoms. The molecule has 0 unspecified atom stereocenters. The standard InChI is InChI=1S/C24H20ClFN2O2/c25-23-16(13-17(26)14-28-23)7-5-6-12-27-24(29)30-15-22-20-10-3-1-8-18(20)19-9-2-4-11-21(19)22/h1-5,7-11,13-14,22H,6,12,15H2,(H,27,29). The number of amides is 1. The van der Waals surface area contributed by atoms with E-state index in [0.717, 1.165) is 6.20 Å². The number of ether oxygens (including phenoxy) is 1. The lowest BCUT2D eigenvalue weighted by Crippen LogP contribution is -2.26. The number of alkyl carbamates (subject to hydrolysis) is 1. The minimum atomic E-state index is -0.462. The van der Waals surface area contributed by atoms with Crippen molar-refractivity contribution in [3.05, 3.63) is 94.5 Å². The molecule has 0 saturated carbocycles. The monoisotopic (exact) mass is 422 g/mol. The van der Waals surface area contributed by atoms with Gasteiger partial charge in [0.1, 0.15) is 17.6 Å². The predicted octanol–water partition coefficient (Wildman–Crippen LogP) is 5.82. The zero-order valence-corrected chi connectivity index (χ0v) is 16.9. The van der Waals surface area contributed by atoms with Crippen molar-refractivity contribution >= 4 is 23.8 Å². The van der Waals surface area contributed by atoms with Crippen molar-refractivity contribution in [3.63, 3.8) is 0 Å². The minimum Gasteiger partial charge on any atom is -0.449 e. The number of carbonyl (C=O) groups excluding carboxylic acids is 1. The fourth-order valence-electron chi connectivity index (χ4n) is 3.67. The summed E-state index contributed by atoms with van der Waals surface area (Å²) in [4.78, 5) is 15.9. The first-order valence-corrected chi connectivity index (χ1v) is 10.1. The average Bonchev–Trinajstić information content (AvgIpc) is 3.08. The molecule has 1 amide bonds. The highest BCUT2D eigenvalue weighted by molar-refractivity contribution is 6.30. The Morgan fingerprint density at radius 1 is 1.13 bits per heavy atom. The molecule has 30 heavy (non-hydrogen) atoms. The fraction of sp³-hybridized carbons (Fsp3) is 0.167. The summed E-state index contributed by atoms with van der Waals surface area (Å²) in [6.07, 6.45) is 4.63. The van der Waals surface area contributed by atoms with Crippen LogP contribution in [0.25, 0.3) is 17.2 Å². The summed E-state index contributed by atoms with van der Waals surface area (Å²) >= 11 is 5.92. The van der Waals surface area contributed by atoms with Crippen LogP contribution in [0.4, 0.5) is 9.18 Å². The molecule has 0 bridgehead atoms. The van der Waals surface area contributed by atoms with Gasteiger partial charge in [0, 0.05) is 18.0 Å². The summed E-state index contributed by atoms with van der Waals surface area (Å²) in [7, 11) is 0. The van der Waals surface area contributed by atoms with Crippen molar-refractivity contribution < 1.29 is 13.9 Å². The summed E-state index contributed by atoms with van der Waals surface area (Å²) in [5, 5.41) is 2.97. The molecular formula is C24H20ClFN2O2. The van der Waals surface area contributed by atoms with E-state index >= 15 is 0 Å². The van der Waals surface area contributed by atoms with Crippen LogP contribution in [0.3, 0.4) is 0 Å². The Balaban J connectivity index is 1.28. The molecule has 0 spiro atoms. The summed E-state index contributed by atoms with van der Waals surface area (Å²) < 4.78 is 18.7. The minimum absolute atomic E-state index is 0.0330. The number of hydrogen-bond donors (Lipinski definition) is 1. The lowest BCUT2D eigenvalue weighted by Gasteiger charge is -2.14. The normalized spacial score (nSPS) is 12.6. The second-order valence-electron chi connectivity index (χ2n) is 6.98. The van der Waals surface area contributed by atoms with Gasteiger partial charge in [0.15, 0.2) is 0 Å². The van der Waals surface area contributed by atoms with Crippen molar-refractivity contribution in [2.45, 2.75) is 12.3 Å². The quantitative estimate of drug-likeness (QED) is 0.402. The maximum absolute atomic E-state index is 13.2. The number of halogens is 2. The van der Waals surface area contributed by atoms with Crippen LogP contribution in [-0.4, -0.2) is 24.2 Å². The zero-order chi connectivity index (χ0) is 20.9. The van der Waals surface area contributed by atoms with E-state index in [1.54, 1.807) is 12.2 Å². The van der Waals surface area contributed by atoms with Gasteiger partial charge in [-0.3, -0.25) is 0 Å². The molecule has 2 aromatic carbocycles. The van der Waals surface area contributed by atoms with Crippen molar-refractivity contribution in [1.82, 2.24) is 10.3 Å². The van der Waals surface area contributed by atoms with Crippen LogP contribution in [0.2, 0.25) is 5.15 Å². The summed E-state index contributed by atoms with van der Waals surface area (Å²) in [5.41, 5.74) is 5.23. The van der Waals surface area contributed by atoms with Crippen LogP contribution in [0.1, 0.15) is 29.0 Å². The maximum Gasteiger partial charge on any atom is 0.407 e. The molecule has 1 aliphatic rings. The Morgan fingerprint density at radius 3 is 2.50 bits per heavy atom. The summed E-state index contributed by atoms with van der Waals surface area (Å²) in [5.74, 6) is -0.415. The third-order valence-corrected chi connectivity index (χ3v) is 5.37. The lowest BCUT2D eigenvalue weighted by atomic mass is 9.98. The first kappa shape index (κ1) is 20.1. The van der Waals surface area contributed by atoms with E-state index < -0.39 is 11.9 Å². The van der Waals surface area contributed by atoms with Gasteiger partial charge in [-0.2, -0.15) is 0 Å². The first-order chi connectivity index (χ1) is 14.6. The lowest BCUT2D eigenvalue weighted by molar-refractivity contribution is 0.143. The van der Waals surface area contributed by atoms with E-state index in [-0.39, 0.29) is 17.7 Å². The summed E-state index contributed by atoms with van der Waals surface area (Å²) in [6.45, 7) is 0.674. The number of hydrogen-bond acceptors (Lipinski definition) is 3. The molecule has 0 saturated heterocycles. The Kier molecular flexibility index (Phi) is 6.10. The third-order valence-electron chi connectivity index (χ3n) is 5.05. The van der Waals surface area contributed by atoms with Crippen LogP contribution in [-0.2, 0) is 4.74 Å². The van der Waals surface area contributed by atoms with E-state index in [2.05, 4.69) is 34.6 Å². The molecule has 1 aromatic heterocycles. The number of carbonyl (C=O) groups is 1. The molecule has 0 aliphatic heterocycles. The van der Waals surface area contributed by atoms with Crippen molar-refractivity contribution in [2.75, 3.05) is 13.2 Å². The molecule has 0 radical (unpaired) electrons. The number of rotatable bonds is 6. The van der Waals surface area contributed by atoms with Gasteiger partial charge in [0.05, 0.1) is 6.20 Å². The molecule has 3 aromatic rings. The molecule has 4 rings (SSSR count). The second-order valence-corrected chi connectivity index (χ2v) is 7.33. The molecule has 1 N–H and O–H groups in total. The van der Waals surface area contributed by atoms with Gasteiger partial charge in [0.2, 0.25) is 0 Å². The Bertz CT molecular complexity index is 1050. The van der Waals surface area contributed by atoms with Gasteiger partial charge in [-0.1, -0.05) is 72.3 Å². The highest BCUT2D eigenvalue weighted by Crippen LogP contribution is 2.44. The van der Waals surface area contributed by atoms with Gasteiger partial charge in [-0.15, -0.1) is 0 Å². The highest BCUT2D eigenvalue weighted by atomic mass is 35.5. The average molecular weight is 423 g/mol. The van der Waals surface area contributed by atoms with E-state index in [1.807, 2.05) is 24.3 Å². The highest BCUT2D eigenvalue weighted by Gasteiger charge is 2.28. The Labute approximate surface area is 179 Å². The Morgan fingerprint density at radius 2 is 1.80 bits per heavy atom. The van der Waals surface area contributed by atoms with Crippen molar-refractivity contribution in [3.8, 4) is 11.1 Å². The smallest absolute Gasteiger partial charge is 0.407 e. The van der Waals surface area contributed by atoms with Gasteiger partial charge < -0.3 is 10.1 Å². The number of nitrogens with one attached hydrogen (secondary N) is 1. The van der Waals surface area contributed by atoms with Gasteiger partial charge >= 0.3 is 6.09 Å². The van der Waals surface area contributed by atoms with E-state index in [1.165, 1.54) is 28.3 Å². The van der Waals surface area contributed by atoms with Crippen molar-refractivity contribution in [1.29, 1.82) is 0 Å². The molecule has 1 heterocycles. The molecule has 1 aliphatic carbocycles. The van der Waals surface area contributed by atoms with E-state index in [4.69, 9.17) is 16.3 Å². The van der Waals surface area contributed by atoms with E-state index in [9.17, 15) is 9.18 Å². The Hall–Kier alpha value is -3.18. The second kappa shape index (κ2) is 9.09. The number of aromatic nitrogens is 1. The number of pyridine rings is 1. The van der Waals surface area contributed by atoms with Gasteiger partial charge in [-0.25, -0.2) is 14.2 Å². The van der Waals surface area contributed by atoms with Crippen molar-refractivity contribution in [2.24, 2.45) is 0 Å². The third kappa shape index (κ3) is 4.36. The number of nitrogens with zero attached hydrogens (tertiary/aromatic N) is 1. The van der Waals surface area contributed by atoms with Crippen LogP contribution in [0.15, 0.2) is 66.9 Å². The molecule has 4 nitrogen and oxygen atoms in total. The van der Waals surface area contributed by atoms with Crippen LogP contribution in [0, 0.1) is 5.82 Å². The van der Waals surface area contributed by atoms with Gasteiger partial charge in [0.25, 0.3) is 0 Å². The first-order valence-electron chi connectivity index (χ1n) is 9.70. The van der Waals surface area contributed by atoms with Crippen LogP contribution < -0.4 is 5.32 Å². The predicted molar refractivity (Wildman–Crippen MR) is 116 cm³/mol. The largest absolute Gasteiger partial charge is 0.449 e. The van der Waals surface area contributed by atoms with Crippen LogP contribution >= 0.6 is 11.6 Å². The van der Waals surface area contributed by atoms with Crippen LogP contribution in [0.5, 0.6) is 0 Å². The number of benzene rings is 2. The number of fused-ring (bicyclic) bond motifs is 3. The molecule has 152 valence electrons. The zero-order valence-electron chi connectivity index (χ0n) is 16.1. The summed E-state index contributed by atoms with van der Waals surface area (Å²) in [6, 6.07) is 17.7. The SMILES string of the molecule is O=C(NCCC=Cc1cc(F)cnc1Cl)OCC1c2ccccc2-c2ccccc21. The molecule has 0 fully saturated rings. The fourth-order valence-corrected chi connectivity index (χ4v) is 3.84. The van der Waals surface area contributed by atoms with Gasteiger partial charge in [-0.05, 0) is 34.7 Å². The molecule has 0 atom stereocenters. The maximum atomic E-state index is 13.2.